The number of halogens is 1. The zero-order chi connectivity index (χ0) is 11.6. The number of ether oxygens (including phenoxy) is 2. The summed E-state index contributed by atoms with van der Waals surface area (Å²) in [6, 6.07) is 9.45. The first-order valence-electron chi connectivity index (χ1n) is 5.09. The Morgan fingerprint density at radius 2 is 2.44 bits per heavy atom. The fourth-order valence-electron chi connectivity index (χ4n) is 1.76. The van der Waals surface area contributed by atoms with Gasteiger partial charge in [-0.25, -0.2) is 0 Å². The van der Waals surface area contributed by atoms with Crippen LogP contribution in [-0.2, 0) is 15.3 Å². The van der Waals surface area contributed by atoms with E-state index >= 15 is 0 Å². The van der Waals surface area contributed by atoms with E-state index in [2.05, 4.69) is 6.07 Å². The molecule has 0 aromatic heterocycles. The predicted octanol–water partition coefficient (Wildman–Crippen LogP) is 2.84. The fourth-order valence-corrected chi connectivity index (χ4v) is 1.95. The average molecular weight is 238 g/mol. The van der Waals surface area contributed by atoms with E-state index in [-0.39, 0.29) is 6.10 Å². The maximum atomic E-state index is 8.60. The Kier molecular flexibility index (Phi) is 3.15. The molecule has 2 unspecified atom stereocenters. The van der Waals surface area contributed by atoms with Crippen molar-refractivity contribution in [1.29, 1.82) is 5.26 Å². The van der Waals surface area contributed by atoms with E-state index in [1.807, 2.05) is 25.1 Å². The largest absolute Gasteiger partial charge is 0.343 e. The zero-order valence-electron chi connectivity index (χ0n) is 8.94. The van der Waals surface area contributed by atoms with Crippen LogP contribution in [0.4, 0.5) is 0 Å². The van der Waals surface area contributed by atoms with E-state index in [0.29, 0.717) is 18.1 Å². The molecular weight excluding hydrogens is 226 g/mol. The highest BCUT2D eigenvalue weighted by Gasteiger charge is 2.38. The second-order valence-corrected chi connectivity index (χ2v) is 4.31. The molecule has 0 spiro atoms. The van der Waals surface area contributed by atoms with Crippen molar-refractivity contribution in [2.45, 2.75) is 25.2 Å². The number of benzene rings is 1. The van der Waals surface area contributed by atoms with E-state index in [1.54, 1.807) is 6.07 Å². The molecule has 0 aliphatic carbocycles. The minimum Gasteiger partial charge on any atom is -0.343 e. The van der Waals surface area contributed by atoms with Gasteiger partial charge in [-0.1, -0.05) is 23.7 Å². The molecule has 2 rings (SSSR count). The summed E-state index contributed by atoms with van der Waals surface area (Å²) in [4.78, 5) is 0. The van der Waals surface area contributed by atoms with E-state index < -0.39 is 5.79 Å². The van der Waals surface area contributed by atoms with Gasteiger partial charge in [-0.3, -0.25) is 0 Å². The van der Waals surface area contributed by atoms with Crippen LogP contribution in [0.3, 0.4) is 0 Å². The van der Waals surface area contributed by atoms with Gasteiger partial charge in [0.1, 0.15) is 0 Å². The topological polar surface area (TPSA) is 42.2 Å². The molecular formula is C12H12ClNO2. The van der Waals surface area contributed by atoms with Crippen molar-refractivity contribution in [2.75, 3.05) is 6.61 Å². The zero-order valence-corrected chi connectivity index (χ0v) is 9.70. The van der Waals surface area contributed by atoms with Crippen molar-refractivity contribution in [1.82, 2.24) is 0 Å². The monoisotopic (exact) mass is 237 g/mol. The SMILES string of the molecule is CC1(c2cccc(Cl)c2)OCC(CC#N)O1. The third-order valence-corrected chi connectivity index (χ3v) is 2.84. The smallest absolute Gasteiger partial charge is 0.192 e. The third-order valence-electron chi connectivity index (χ3n) is 2.60. The maximum Gasteiger partial charge on any atom is 0.192 e. The lowest BCUT2D eigenvalue weighted by Gasteiger charge is -2.23. The van der Waals surface area contributed by atoms with E-state index in [0.717, 1.165) is 5.56 Å². The summed E-state index contributed by atoms with van der Waals surface area (Å²) in [5.41, 5.74) is 0.875. The fraction of sp³-hybridized carbons (Fsp3) is 0.417. The summed E-state index contributed by atoms with van der Waals surface area (Å²) in [5.74, 6) is -0.785. The van der Waals surface area contributed by atoms with Gasteiger partial charge in [-0.15, -0.1) is 0 Å². The van der Waals surface area contributed by atoms with E-state index in [1.165, 1.54) is 0 Å². The van der Waals surface area contributed by atoms with Crippen molar-refractivity contribution in [3.63, 3.8) is 0 Å². The Morgan fingerprint density at radius 3 is 3.12 bits per heavy atom. The third kappa shape index (κ3) is 2.19. The molecule has 1 saturated heterocycles. The standard InChI is InChI=1S/C12H12ClNO2/c1-12(9-3-2-4-10(13)7-9)15-8-11(16-12)5-6-14/h2-4,7,11H,5,8H2,1H3. The molecule has 84 valence electrons. The van der Waals surface area contributed by atoms with Crippen LogP contribution in [0.25, 0.3) is 0 Å². The van der Waals surface area contributed by atoms with Crippen molar-refractivity contribution in [2.24, 2.45) is 0 Å². The minimum absolute atomic E-state index is 0.158. The molecule has 1 heterocycles. The molecule has 0 amide bonds. The van der Waals surface area contributed by atoms with Gasteiger partial charge in [0.25, 0.3) is 0 Å². The number of rotatable bonds is 2. The van der Waals surface area contributed by atoms with Gasteiger partial charge < -0.3 is 9.47 Å². The van der Waals surface area contributed by atoms with Gasteiger partial charge in [-0.05, 0) is 19.1 Å². The highest BCUT2D eigenvalue weighted by molar-refractivity contribution is 6.30. The first-order chi connectivity index (χ1) is 7.64. The van der Waals surface area contributed by atoms with Crippen molar-refractivity contribution >= 4 is 11.6 Å². The molecule has 0 N–H and O–H groups in total. The Hall–Kier alpha value is -1.08. The first-order valence-corrected chi connectivity index (χ1v) is 5.46. The highest BCUT2D eigenvalue weighted by atomic mass is 35.5. The summed E-state index contributed by atoms with van der Waals surface area (Å²) >= 11 is 5.92. The molecule has 2 atom stereocenters. The van der Waals surface area contributed by atoms with Gasteiger partial charge in [-0.2, -0.15) is 5.26 Å². The van der Waals surface area contributed by atoms with Gasteiger partial charge in [0.15, 0.2) is 5.79 Å². The first kappa shape index (κ1) is 11.4. The lowest BCUT2D eigenvalue weighted by Crippen LogP contribution is -2.23. The highest BCUT2D eigenvalue weighted by Crippen LogP contribution is 2.35. The lowest BCUT2D eigenvalue weighted by molar-refractivity contribution is -0.161. The van der Waals surface area contributed by atoms with Gasteiger partial charge in [0.2, 0.25) is 0 Å². The predicted molar refractivity (Wildman–Crippen MR) is 59.9 cm³/mol. The molecule has 0 bridgehead atoms. The summed E-state index contributed by atoms with van der Waals surface area (Å²) in [6.07, 6.45) is 0.185. The van der Waals surface area contributed by atoms with E-state index in [4.69, 9.17) is 26.3 Å². The van der Waals surface area contributed by atoms with Crippen LogP contribution in [0.5, 0.6) is 0 Å². The van der Waals surface area contributed by atoms with Crippen molar-refractivity contribution in [3.8, 4) is 6.07 Å². The summed E-state index contributed by atoms with van der Waals surface area (Å²) in [5, 5.41) is 9.25. The van der Waals surface area contributed by atoms with Crippen LogP contribution >= 0.6 is 11.6 Å². The van der Waals surface area contributed by atoms with Crippen molar-refractivity contribution < 1.29 is 9.47 Å². The van der Waals surface area contributed by atoms with Crippen LogP contribution in [0, 0.1) is 11.3 Å². The van der Waals surface area contributed by atoms with Crippen LogP contribution in [0.2, 0.25) is 5.02 Å². The normalized spacial score (nSPS) is 28.9. The molecule has 0 radical (unpaired) electrons. The average Bonchev–Trinajstić information content (AvgIpc) is 2.62. The second kappa shape index (κ2) is 4.42. The quantitative estimate of drug-likeness (QED) is 0.794. The number of nitrogens with zero attached hydrogens (tertiary/aromatic N) is 1. The summed E-state index contributed by atoms with van der Waals surface area (Å²) in [7, 11) is 0. The lowest BCUT2D eigenvalue weighted by atomic mass is 10.1. The van der Waals surface area contributed by atoms with Gasteiger partial charge in [0, 0.05) is 10.6 Å². The summed E-state index contributed by atoms with van der Waals surface area (Å²) < 4.78 is 11.3. The molecule has 16 heavy (non-hydrogen) atoms. The van der Waals surface area contributed by atoms with Gasteiger partial charge in [0.05, 0.1) is 25.2 Å². The number of hydrogen-bond acceptors (Lipinski definition) is 3. The Labute approximate surface area is 99.5 Å². The summed E-state index contributed by atoms with van der Waals surface area (Å²) in [6.45, 7) is 2.28. The van der Waals surface area contributed by atoms with Crippen LogP contribution < -0.4 is 0 Å². The Balaban J connectivity index is 2.19. The molecule has 1 aromatic carbocycles. The van der Waals surface area contributed by atoms with Crippen LogP contribution in [0.1, 0.15) is 18.9 Å². The Morgan fingerprint density at radius 1 is 1.62 bits per heavy atom. The van der Waals surface area contributed by atoms with E-state index in [9.17, 15) is 0 Å². The Bertz CT molecular complexity index is 429. The van der Waals surface area contributed by atoms with Crippen LogP contribution in [0.15, 0.2) is 24.3 Å². The molecule has 1 aromatic rings. The molecule has 1 aliphatic rings. The molecule has 4 heteroatoms. The maximum absolute atomic E-state index is 8.60. The van der Waals surface area contributed by atoms with Crippen molar-refractivity contribution in [3.05, 3.63) is 34.9 Å². The minimum atomic E-state index is -0.785. The number of hydrogen-bond donors (Lipinski definition) is 0. The molecule has 0 saturated carbocycles. The molecule has 1 aliphatic heterocycles. The number of nitriles is 1. The second-order valence-electron chi connectivity index (χ2n) is 3.87. The molecule has 3 nitrogen and oxygen atoms in total. The molecule has 1 fully saturated rings. The van der Waals surface area contributed by atoms with Gasteiger partial charge >= 0.3 is 0 Å². The van der Waals surface area contributed by atoms with Crippen LogP contribution in [-0.4, -0.2) is 12.7 Å².